The van der Waals surface area contributed by atoms with Crippen molar-refractivity contribution in [3.63, 3.8) is 0 Å². The molecule has 1 heteroatoms. The first kappa shape index (κ1) is 13.6. The Labute approximate surface area is 112 Å². The van der Waals surface area contributed by atoms with Crippen molar-refractivity contribution >= 4 is 0 Å². The Kier molecular flexibility index (Phi) is 4.82. The van der Waals surface area contributed by atoms with E-state index in [1.807, 2.05) is 0 Å². The Bertz CT molecular complexity index is 372. The first-order valence-corrected chi connectivity index (χ1v) is 7.54. The van der Waals surface area contributed by atoms with Crippen molar-refractivity contribution < 1.29 is 0 Å². The van der Waals surface area contributed by atoms with Gasteiger partial charge in [0.2, 0.25) is 0 Å². The molecule has 0 amide bonds. The molecule has 1 nitrogen and oxygen atoms in total. The van der Waals surface area contributed by atoms with Crippen molar-refractivity contribution in [1.82, 2.24) is 5.32 Å². The van der Waals surface area contributed by atoms with Crippen LogP contribution in [0.2, 0.25) is 0 Å². The van der Waals surface area contributed by atoms with Gasteiger partial charge in [0, 0.05) is 6.04 Å². The van der Waals surface area contributed by atoms with Crippen molar-refractivity contribution in [2.45, 2.75) is 52.0 Å². The van der Waals surface area contributed by atoms with E-state index in [9.17, 15) is 0 Å². The Morgan fingerprint density at radius 3 is 2.72 bits per heavy atom. The summed E-state index contributed by atoms with van der Waals surface area (Å²) < 4.78 is 0. The average Bonchev–Trinajstić information content (AvgIpc) is 2.88. The lowest BCUT2D eigenvalue weighted by Gasteiger charge is -2.24. The van der Waals surface area contributed by atoms with Gasteiger partial charge in [0.25, 0.3) is 0 Å². The van der Waals surface area contributed by atoms with Crippen LogP contribution in [0.3, 0.4) is 0 Å². The molecule has 0 spiro atoms. The van der Waals surface area contributed by atoms with Gasteiger partial charge < -0.3 is 5.32 Å². The summed E-state index contributed by atoms with van der Waals surface area (Å²) in [4.78, 5) is 0. The predicted molar refractivity (Wildman–Crippen MR) is 78.7 cm³/mol. The molecule has 1 aromatic rings. The van der Waals surface area contributed by atoms with Crippen molar-refractivity contribution in [2.75, 3.05) is 7.05 Å². The summed E-state index contributed by atoms with van der Waals surface area (Å²) in [5.74, 6) is 1.78. The average molecular weight is 245 g/mol. The normalized spacial score (nSPS) is 25.3. The molecule has 0 aromatic heterocycles. The Morgan fingerprint density at radius 1 is 1.28 bits per heavy atom. The van der Waals surface area contributed by atoms with Crippen LogP contribution in [-0.2, 0) is 6.42 Å². The quantitative estimate of drug-likeness (QED) is 0.814. The first-order chi connectivity index (χ1) is 8.78. The fraction of sp³-hybridized carbons (Fsp3) is 0.647. The van der Waals surface area contributed by atoms with Gasteiger partial charge >= 0.3 is 0 Å². The molecule has 3 atom stereocenters. The van der Waals surface area contributed by atoms with Crippen LogP contribution in [0.4, 0.5) is 0 Å². The zero-order valence-electron chi connectivity index (χ0n) is 12.1. The molecule has 100 valence electrons. The third kappa shape index (κ3) is 2.95. The SMILES string of the molecule is CCc1cccc(C(NC)C2CCC(CC)C2)c1. The Morgan fingerprint density at radius 2 is 2.11 bits per heavy atom. The van der Waals surface area contributed by atoms with Crippen LogP contribution in [0.15, 0.2) is 24.3 Å². The number of nitrogens with one attached hydrogen (secondary N) is 1. The summed E-state index contributed by atoms with van der Waals surface area (Å²) in [6.45, 7) is 4.56. The van der Waals surface area contributed by atoms with Gasteiger partial charge in [-0.25, -0.2) is 0 Å². The van der Waals surface area contributed by atoms with Crippen molar-refractivity contribution in [1.29, 1.82) is 0 Å². The van der Waals surface area contributed by atoms with Gasteiger partial charge in [0.15, 0.2) is 0 Å². The molecule has 18 heavy (non-hydrogen) atoms. The van der Waals surface area contributed by atoms with Crippen LogP contribution in [-0.4, -0.2) is 7.05 Å². The highest BCUT2D eigenvalue weighted by molar-refractivity contribution is 5.26. The molecule has 1 fully saturated rings. The van der Waals surface area contributed by atoms with E-state index in [2.05, 4.69) is 50.5 Å². The molecule has 0 heterocycles. The molecular weight excluding hydrogens is 218 g/mol. The van der Waals surface area contributed by atoms with E-state index >= 15 is 0 Å². The number of aryl methyl sites for hydroxylation is 1. The Hall–Kier alpha value is -0.820. The topological polar surface area (TPSA) is 12.0 Å². The number of hydrogen-bond donors (Lipinski definition) is 1. The minimum Gasteiger partial charge on any atom is -0.313 e. The molecular formula is C17H27N. The summed E-state index contributed by atoms with van der Waals surface area (Å²) in [7, 11) is 2.11. The maximum atomic E-state index is 3.56. The maximum Gasteiger partial charge on any atom is 0.0346 e. The van der Waals surface area contributed by atoms with Gasteiger partial charge in [-0.3, -0.25) is 0 Å². The lowest BCUT2D eigenvalue weighted by Crippen LogP contribution is -2.24. The zero-order chi connectivity index (χ0) is 13.0. The van der Waals surface area contributed by atoms with Crippen molar-refractivity contribution in [3.05, 3.63) is 35.4 Å². The number of rotatable bonds is 5. The highest BCUT2D eigenvalue weighted by atomic mass is 14.9. The molecule has 0 radical (unpaired) electrons. The molecule has 1 aromatic carbocycles. The van der Waals surface area contributed by atoms with Crippen LogP contribution in [0.1, 0.15) is 56.7 Å². The smallest absolute Gasteiger partial charge is 0.0346 e. The van der Waals surface area contributed by atoms with Gasteiger partial charge in [-0.15, -0.1) is 0 Å². The minimum absolute atomic E-state index is 0.549. The molecule has 0 bridgehead atoms. The van der Waals surface area contributed by atoms with Crippen molar-refractivity contribution in [2.24, 2.45) is 11.8 Å². The Balaban J connectivity index is 2.12. The predicted octanol–water partition coefficient (Wildman–Crippen LogP) is 4.34. The van der Waals surface area contributed by atoms with Crippen molar-refractivity contribution in [3.8, 4) is 0 Å². The molecule has 0 aliphatic heterocycles. The fourth-order valence-corrected chi connectivity index (χ4v) is 3.47. The van der Waals surface area contributed by atoms with Gasteiger partial charge in [-0.1, -0.05) is 51.0 Å². The molecule has 1 N–H and O–H groups in total. The van der Waals surface area contributed by atoms with E-state index in [4.69, 9.17) is 0 Å². The molecule has 1 saturated carbocycles. The van der Waals surface area contributed by atoms with Crippen LogP contribution >= 0.6 is 0 Å². The third-order valence-electron chi connectivity index (χ3n) is 4.66. The van der Waals surface area contributed by atoms with Crippen LogP contribution < -0.4 is 5.32 Å². The van der Waals surface area contributed by atoms with E-state index in [1.54, 1.807) is 0 Å². The summed E-state index contributed by atoms with van der Waals surface area (Å²) in [5.41, 5.74) is 2.94. The third-order valence-corrected chi connectivity index (χ3v) is 4.66. The maximum absolute atomic E-state index is 3.56. The van der Waals surface area contributed by atoms with E-state index in [0.717, 1.165) is 18.3 Å². The van der Waals surface area contributed by atoms with Gasteiger partial charge in [-0.05, 0) is 49.3 Å². The number of benzene rings is 1. The van der Waals surface area contributed by atoms with Crippen LogP contribution in [0, 0.1) is 11.8 Å². The lowest BCUT2D eigenvalue weighted by molar-refractivity contribution is 0.372. The van der Waals surface area contributed by atoms with Gasteiger partial charge in [0.1, 0.15) is 0 Å². The molecule has 1 aliphatic rings. The summed E-state index contributed by atoms with van der Waals surface area (Å²) in [5, 5.41) is 3.56. The highest BCUT2D eigenvalue weighted by Crippen LogP contribution is 2.40. The minimum atomic E-state index is 0.549. The second-order valence-electron chi connectivity index (χ2n) is 5.71. The molecule has 3 unspecified atom stereocenters. The lowest BCUT2D eigenvalue weighted by atomic mass is 9.89. The van der Waals surface area contributed by atoms with Crippen LogP contribution in [0.25, 0.3) is 0 Å². The monoisotopic (exact) mass is 245 g/mol. The molecule has 2 rings (SSSR count). The second kappa shape index (κ2) is 6.38. The van der Waals surface area contributed by atoms with E-state index in [0.29, 0.717) is 6.04 Å². The standard InChI is InChI=1S/C17H27N/c1-4-13-7-6-8-15(11-13)17(18-3)16-10-9-14(5-2)12-16/h6-8,11,14,16-18H,4-5,9-10,12H2,1-3H3. The summed E-state index contributed by atoms with van der Waals surface area (Å²) >= 11 is 0. The van der Waals surface area contributed by atoms with Gasteiger partial charge in [0.05, 0.1) is 0 Å². The summed E-state index contributed by atoms with van der Waals surface area (Å²) in [6.07, 6.45) is 6.69. The van der Waals surface area contributed by atoms with E-state index in [1.165, 1.54) is 36.8 Å². The van der Waals surface area contributed by atoms with E-state index in [-0.39, 0.29) is 0 Å². The molecule has 0 saturated heterocycles. The largest absolute Gasteiger partial charge is 0.313 e. The molecule has 1 aliphatic carbocycles. The fourth-order valence-electron chi connectivity index (χ4n) is 3.47. The zero-order valence-corrected chi connectivity index (χ0v) is 12.1. The van der Waals surface area contributed by atoms with Crippen LogP contribution in [0.5, 0.6) is 0 Å². The number of hydrogen-bond acceptors (Lipinski definition) is 1. The van der Waals surface area contributed by atoms with Gasteiger partial charge in [-0.2, -0.15) is 0 Å². The second-order valence-corrected chi connectivity index (χ2v) is 5.71. The summed E-state index contributed by atoms with van der Waals surface area (Å²) in [6, 6.07) is 9.68. The highest BCUT2D eigenvalue weighted by Gasteiger charge is 2.30. The van der Waals surface area contributed by atoms with E-state index < -0.39 is 0 Å². The first-order valence-electron chi connectivity index (χ1n) is 7.54.